The maximum atomic E-state index is 12.5. The van der Waals surface area contributed by atoms with Crippen LogP contribution in [0.25, 0.3) is 25.9 Å². The molecule has 0 saturated carbocycles. The van der Waals surface area contributed by atoms with Crippen LogP contribution in [-0.2, 0) is 6.54 Å². The van der Waals surface area contributed by atoms with Crippen LogP contribution < -0.4 is 5.56 Å². The van der Waals surface area contributed by atoms with Crippen LogP contribution in [0.4, 0.5) is 0 Å². The molecule has 0 unspecified atom stereocenters. The predicted molar refractivity (Wildman–Crippen MR) is 80.2 cm³/mol. The fourth-order valence-electron chi connectivity index (χ4n) is 2.70. The van der Waals surface area contributed by atoms with E-state index in [0.717, 1.165) is 15.9 Å². The van der Waals surface area contributed by atoms with Gasteiger partial charge in [-0.2, -0.15) is 0 Å². The summed E-state index contributed by atoms with van der Waals surface area (Å²) < 4.78 is 5.11. The van der Waals surface area contributed by atoms with Crippen molar-refractivity contribution in [2.45, 2.75) is 13.5 Å². The van der Waals surface area contributed by atoms with Crippen molar-refractivity contribution in [3.05, 3.63) is 52.9 Å². The molecule has 3 aromatic heterocycles. The predicted octanol–water partition coefficient (Wildman–Crippen LogP) is 3.49. The molecule has 1 aromatic carbocycles. The van der Waals surface area contributed by atoms with Crippen molar-refractivity contribution in [3.8, 4) is 0 Å². The lowest BCUT2D eigenvalue weighted by Gasteiger charge is -2.06. The highest BCUT2D eigenvalue weighted by molar-refractivity contribution is 7.25. The third-order valence-corrected chi connectivity index (χ3v) is 4.75. The van der Waals surface area contributed by atoms with Crippen LogP contribution in [0.1, 0.15) is 6.92 Å². The highest BCUT2D eigenvalue weighted by Crippen LogP contribution is 2.33. The molecule has 3 nitrogen and oxygen atoms in total. The Morgan fingerprint density at radius 2 is 2.00 bits per heavy atom. The molecule has 19 heavy (non-hydrogen) atoms. The van der Waals surface area contributed by atoms with E-state index >= 15 is 0 Å². The molecule has 0 aliphatic heterocycles. The van der Waals surface area contributed by atoms with Crippen LogP contribution in [0, 0.1) is 0 Å². The molecular weight excluding hydrogens is 256 g/mol. The summed E-state index contributed by atoms with van der Waals surface area (Å²) in [4.78, 5) is 13.5. The number of benzene rings is 1. The van der Waals surface area contributed by atoms with Gasteiger partial charge in [0.15, 0.2) is 0 Å². The van der Waals surface area contributed by atoms with E-state index in [1.54, 1.807) is 11.3 Å². The van der Waals surface area contributed by atoms with Gasteiger partial charge in [-0.05, 0) is 25.1 Å². The maximum Gasteiger partial charge on any atom is 0.275 e. The van der Waals surface area contributed by atoms with E-state index in [4.69, 9.17) is 0 Å². The Kier molecular flexibility index (Phi) is 2.11. The average Bonchev–Trinajstić information content (AvgIpc) is 3.02. The van der Waals surface area contributed by atoms with Crippen molar-refractivity contribution in [3.63, 3.8) is 0 Å². The number of hydrogen-bond acceptors (Lipinski definition) is 2. The molecule has 4 aromatic rings. The first kappa shape index (κ1) is 10.8. The smallest absolute Gasteiger partial charge is 0.275 e. The van der Waals surface area contributed by atoms with Crippen molar-refractivity contribution in [2.24, 2.45) is 0 Å². The van der Waals surface area contributed by atoms with Crippen molar-refractivity contribution in [1.82, 2.24) is 8.97 Å². The molecule has 0 N–H and O–H groups in total. The number of aromatic nitrogens is 2. The fourth-order valence-corrected chi connectivity index (χ4v) is 3.96. The van der Waals surface area contributed by atoms with Crippen LogP contribution in [0.5, 0.6) is 0 Å². The van der Waals surface area contributed by atoms with E-state index in [2.05, 4.69) is 12.1 Å². The van der Waals surface area contributed by atoms with Crippen molar-refractivity contribution >= 4 is 37.3 Å². The Morgan fingerprint density at radius 1 is 1.16 bits per heavy atom. The number of aryl methyl sites for hydroxylation is 1. The lowest BCUT2D eigenvalue weighted by Crippen LogP contribution is -2.20. The topological polar surface area (TPSA) is 26.4 Å². The van der Waals surface area contributed by atoms with Gasteiger partial charge in [-0.15, -0.1) is 11.3 Å². The number of rotatable bonds is 1. The highest BCUT2D eigenvalue weighted by Gasteiger charge is 2.14. The molecular formula is C15H12N2OS. The molecule has 0 bridgehead atoms. The Labute approximate surface area is 113 Å². The van der Waals surface area contributed by atoms with Gasteiger partial charge in [0.1, 0.15) is 10.3 Å². The summed E-state index contributed by atoms with van der Waals surface area (Å²) in [5.74, 6) is 0. The highest BCUT2D eigenvalue weighted by atomic mass is 32.1. The van der Waals surface area contributed by atoms with E-state index in [0.29, 0.717) is 6.54 Å². The molecule has 4 heteroatoms. The van der Waals surface area contributed by atoms with Crippen molar-refractivity contribution in [2.75, 3.05) is 0 Å². The van der Waals surface area contributed by atoms with E-state index < -0.39 is 0 Å². The lowest BCUT2D eigenvalue weighted by atomic mass is 10.2. The van der Waals surface area contributed by atoms with Crippen LogP contribution >= 0.6 is 11.3 Å². The molecule has 94 valence electrons. The number of thiophene rings is 1. The summed E-state index contributed by atoms with van der Waals surface area (Å²) in [5.41, 5.74) is 1.98. The first-order chi connectivity index (χ1) is 9.31. The average molecular weight is 268 g/mol. The summed E-state index contributed by atoms with van der Waals surface area (Å²) in [6.07, 6.45) is 1.97. The summed E-state index contributed by atoms with van der Waals surface area (Å²) in [6, 6.07) is 12.1. The molecule has 0 aliphatic carbocycles. The molecule has 0 radical (unpaired) electrons. The zero-order chi connectivity index (χ0) is 13.0. The summed E-state index contributed by atoms with van der Waals surface area (Å²) >= 11 is 1.69. The Morgan fingerprint density at radius 3 is 2.84 bits per heavy atom. The van der Waals surface area contributed by atoms with Crippen molar-refractivity contribution < 1.29 is 0 Å². The van der Waals surface area contributed by atoms with Crippen molar-refractivity contribution in [1.29, 1.82) is 0 Å². The van der Waals surface area contributed by atoms with Crippen LogP contribution in [0.15, 0.2) is 47.4 Å². The third kappa shape index (κ3) is 1.29. The number of hydrogen-bond donors (Lipinski definition) is 0. The summed E-state index contributed by atoms with van der Waals surface area (Å²) in [6.45, 7) is 2.72. The first-order valence-corrected chi connectivity index (χ1v) is 7.14. The van der Waals surface area contributed by atoms with Crippen LogP contribution in [-0.4, -0.2) is 8.97 Å². The quantitative estimate of drug-likeness (QED) is 0.519. The van der Waals surface area contributed by atoms with Gasteiger partial charge in [0.05, 0.1) is 5.52 Å². The SMILES string of the molecule is CCn1c(=O)c2cccn2c2c3ccccc3sc21. The first-order valence-electron chi connectivity index (χ1n) is 6.32. The molecule has 0 spiro atoms. The largest absolute Gasteiger partial charge is 0.309 e. The minimum absolute atomic E-state index is 0.0894. The van der Waals surface area contributed by atoms with E-state index in [1.165, 1.54) is 10.1 Å². The number of fused-ring (bicyclic) bond motifs is 5. The summed E-state index contributed by atoms with van der Waals surface area (Å²) in [5, 5.41) is 1.21. The third-order valence-electron chi connectivity index (χ3n) is 3.57. The lowest BCUT2D eigenvalue weighted by molar-refractivity contribution is 0.765. The van der Waals surface area contributed by atoms with E-state index in [1.807, 2.05) is 46.4 Å². The zero-order valence-electron chi connectivity index (χ0n) is 10.5. The van der Waals surface area contributed by atoms with Gasteiger partial charge in [0.2, 0.25) is 0 Å². The molecule has 0 fully saturated rings. The molecule has 0 saturated heterocycles. The van der Waals surface area contributed by atoms with E-state index in [9.17, 15) is 4.79 Å². The zero-order valence-corrected chi connectivity index (χ0v) is 11.3. The van der Waals surface area contributed by atoms with Crippen LogP contribution in [0.2, 0.25) is 0 Å². The molecule has 0 amide bonds. The second-order valence-corrected chi connectivity index (χ2v) is 5.60. The molecule has 4 rings (SSSR count). The Balaban J connectivity index is 2.44. The van der Waals surface area contributed by atoms with Gasteiger partial charge in [-0.3, -0.25) is 9.36 Å². The van der Waals surface area contributed by atoms with Gasteiger partial charge >= 0.3 is 0 Å². The van der Waals surface area contributed by atoms with Gasteiger partial charge in [0.25, 0.3) is 5.56 Å². The summed E-state index contributed by atoms with van der Waals surface area (Å²) in [7, 11) is 0. The standard InChI is InChI=1S/C15H12N2OS/c1-2-16-14(18)11-7-5-9-17(11)13-10-6-3-4-8-12(10)19-15(13)16/h3-9H,2H2,1H3. The minimum atomic E-state index is 0.0894. The normalized spacial score (nSPS) is 11.8. The minimum Gasteiger partial charge on any atom is -0.309 e. The molecule has 0 aliphatic rings. The Bertz CT molecular complexity index is 974. The number of nitrogens with zero attached hydrogens (tertiary/aromatic N) is 2. The van der Waals surface area contributed by atoms with Gasteiger partial charge < -0.3 is 4.40 Å². The fraction of sp³-hybridized carbons (Fsp3) is 0.133. The second kappa shape index (κ2) is 3.71. The molecule has 3 heterocycles. The van der Waals surface area contributed by atoms with Gasteiger partial charge in [0, 0.05) is 22.8 Å². The van der Waals surface area contributed by atoms with Crippen LogP contribution in [0.3, 0.4) is 0 Å². The van der Waals surface area contributed by atoms with Gasteiger partial charge in [-0.1, -0.05) is 18.2 Å². The maximum absolute atomic E-state index is 12.5. The Hall–Kier alpha value is -2.07. The monoisotopic (exact) mass is 268 g/mol. The van der Waals surface area contributed by atoms with Gasteiger partial charge in [-0.25, -0.2) is 0 Å². The second-order valence-electron chi connectivity index (χ2n) is 4.56. The molecule has 0 atom stereocenters. The van der Waals surface area contributed by atoms with E-state index in [-0.39, 0.29) is 5.56 Å².